The quantitative estimate of drug-likeness (QED) is 0.892. The molecule has 0 aromatic heterocycles. The van der Waals surface area contributed by atoms with Crippen LogP contribution in [0.15, 0.2) is 24.3 Å². The zero-order valence-electron chi connectivity index (χ0n) is 11.2. The Bertz CT molecular complexity index is 415. The maximum absolute atomic E-state index is 12.3. The average molecular weight is 283 g/mol. The van der Waals surface area contributed by atoms with E-state index in [1.54, 1.807) is 7.11 Å². The lowest BCUT2D eigenvalue weighted by molar-refractivity contribution is 0.0992. The Morgan fingerprint density at radius 3 is 2.58 bits per heavy atom. The molecule has 19 heavy (non-hydrogen) atoms. The zero-order chi connectivity index (χ0) is 13.7. The standard InChI is InChI=1S/C14H21NO3S/c1-17-12-4-2-11(3-5-12)14(15)10-19(16)13-6-8-18-9-7-13/h2-5,13-14H,6-10,15H2,1H3. The van der Waals surface area contributed by atoms with Crippen molar-refractivity contribution in [1.29, 1.82) is 0 Å². The van der Waals surface area contributed by atoms with E-state index >= 15 is 0 Å². The third-order valence-corrected chi connectivity index (χ3v) is 5.33. The molecule has 1 aliphatic heterocycles. The van der Waals surface area contributed by atoms with Crippen molar-refractivity contribution in [2.75, 3.05) is 26.1 Å². The fourth-order valence-electron chi connectivity index (χ4n) is 2.20. The largest absolute Gasteiger partial charge is 0.497 e. The first-order valence-electron chi connectivity index (χ1n) is 6.55. The van der Waals surface area contributed by atoms with Gasteiger partial charge in [-0.1, -0.05) is 12.1 Å². The van der Waals surface area contributed by atoms with E-state index in [2.05, 4.69) is 0 Å². The Balaban J connectivity index is 1.91. The molecule has 0 bridgehead atoms. The third kappa shape index (κ3) is 4.03. The van der Waals surface area contributed by atoms with E-state index in [1.165, 1.54) is 0 Å². The lowest BCUT2D eigenvalue weighted by Gasteiger charge is -2.23. The second kappa shape index (κ2) is 7.03. The first-order valence-corrected chi connectivity index (χ1v) is 7.93. The van der Waals surface area contributed by atoms with Crippen molar-refractivity contribution in [3.05, 3.63) is 29.8 Å². The summed E-state index contributed by atoms with van der Waals surface area (Å²) in [4.78, 5) is 0. The van der Waals surface area contributed by atoms with Crippen LogP contribution >= 0.6 is 0 Å². The highest BCUT2D eigenvalue weighted by molar-refractivity contribution is 7.85. The van der Waals surface area contributed by atoms with Crippen LogP contribution in [-0.2, 0) is 15.5 Å². The molecule has 1 aliphatic rings. The summed E-state index contributed by atoms with van der Waals surface area (Å²) < 4.78 is 22.7. The van der Waals surface area contributed by atoms with Crippen LogP contribution in [0.2, 0.25) is 0 Å². The smallest absolute Gasteiger partial charge is 0.118 e. The highest BCUT2D eigenvalue weighted by atomic mass is 32.2. The number of hydrogen-bond acceptors (Lipinski definition) is 4. The minimum absolute atomic E-state index is 0.186. The van der Waals surface area contributed by atoms with Crippen molar-refractivity contribution in [3.63, 3.8) is 0 Å². The molecule has 0 amide bonds. The summed E-state index contributed by atoms with van der Waals surface area (Å²) in [7, 11) is 0.754. The molecule has 0 radical (unpaired) electrons. The molecule has 106 valence electrons. The van der Waals surface area contributed by atoms with Crippen LogP contribution in [0.3, 0.4) is 0 Å². The molecule has 1 heterocycles. The van der Waals surface area contributed by atoms with Crippen LogP contribution in [0.1, 0.15) is 24.4 Å². The fourth-order valence-corrected chi connectivity index (χ4v) is 3.74. The Hall–Kier alpha value is -0.910. The number of methoxy groups -OCH3 is 1. The van der Waals surface area contributed by atoms with E-state index in [1.807, 2.05) is 24.3 Å². The Labute approximate surface area is 116 Å². The van der Waals surface area contributed by atoms with E-state index in [4.69, 9.17) is 15.2 Å². The highest BCUT2D eigenvalue weighted by Crippen LogP contribution is 2.20. The Morgan fingerprint density at radius 1 is 1.37 bits per heavy atom. The van der Waals surface area contributed by atoms with Gasteiger partial charge < -0.3 is 15.2 Å². The van der Waals surface area contributed by atoms with Gasteiger partial charge in [0.2, 0.25) is 0 Å². The first-order chi connectivity index (χ1) is 9.20. The van der Waals surface area contributed by atoms with Gasteiger partial charge in [-0.05, 0) is 30.5 Å². The van der Waals surface area contributed by atoms with E-state index < -0.39 is 10.8 Å². The van der Waals surface area contributed by atoms with Gasteiger partial charge in [0.15, 0.2) is 0 Å². The number of nitrogens with two attached hydrogens (primary N) is 1. The number of rotatable bonds is 5. The number of hydrogen-bond donors (Lipinski definition) is 1. The summed E-state index contributed by atoms with van der Waals surface area (Å²) in [6, 6.07) is 7.45. The molecule has 0 aliphatic carbocycles. The molecular formula is C14H21NO3S. The molecule has 0 saturated carbocycles. The van der Waals surface area contributed by atoms with Gasteiger partial charge in [0.1, 0.15) is 5.75 Å². The molecule has 1 saturated heterocycles. The lowest BCUT2D eigenvalue weighted by Crippen LogP contribution is -2.30. The molecular weight excluding hydrogens is 262 g/mol. The van der Waals surface area contributed by atoms with Crippen LogP contribution in [0, 0.1) is 0 Å². The SMILES string of the molecule is COc1ccc(C(N)CS(=O)C2CCOCC2)cc1. The topological polar surface area (TPSA) is 61.5 Å². The molecule has 4 nitrogen and oxygen atoms in total. The van der Waals surface area contributed by atoms with Crippen molar-refractivity contribution in [2.45, 2.75) is 24.1 Å². The molecule has 2 atom stereocenters. The molecule has 2 rings (SSSR count). The van der Waals surface area contributed by atoms with Crippen molar-refractivity contribution in [3.8, 4) is 5.75 Å². The number of benzene rings is 1. The van der Waals surface area contributed by atoms with Gasteiger partial charge in [0.05, 0.1) is 7.11 Å². The molecule has 2 unspecified atom stereocenters. The van der Waals surface area contributed by atoms with Crippen molar-refractivity contribution >= 4 is 10.8 Å². The predicted octanol–water partition coefficient (Wildman–Crippen LogP) is 1.62. The summed E-state index contributed by atoms with van der Waals surface area (Å²) in [6.45, 7) is 1.43. The second-order valence-corrected chi connectivity index (χ2v) is 6.50. The summed E-state index contributed by atoms with van der Waals surface area (Å²) in [5.41, 5.74) is 7.13. The Kier molecular flexibility index (Phi) is 5.36. The van der Waals surface area contributed by atoms with E-state index in [-0.39, 0.29) is 11.3 Å². The summed E-state index contributed by atoms with van der Waals surface area (Å²) >= 11 is 0. The van der Waals surface area contributed by atoms with Gasteiger partial charge in [-0.3, -0.25) is 4.21 Å². The maximum atomic E-state index is 12.3. The van der Waals surface area contributed by atoms with E-state index in [0.29, 0.717) is 19.0 Å². The third-order valence-electron chi connectivity index (χ3n) is 3.43. The summed E-state index contributed by atoms with van der Waals surface area (Å²) in [5.74, 6) is 1.32. The van der Waals surface area contributed by atoms with Crippen LogP contribution in [0.5, 0.6) is 5.75 Å². The van der Waals surface area contributed by atoms with Gasteiger partial charge in [-0.15, -0.1) is 0 Å². The van der Waals surface area contributed by atoms with Gasteiger partial charge in [-0.25, -0.2) is 0 Å². The average Bonchev–Trinajstić information content (AvgIpc) is 2.48. The molecule has 1 fully saturated rings. The van der Waals surface area contributed by atoms with Crippen molar-refractivity contribution in [2.24, 2.45) is 5.73 Å². The van der Waals surface area contributed by atoms with Gasteiger partial charge >= 0.3 is 0 Å². The van der Waals surface area contributed by atoms with E-state index in [0.717, 1.165) is 24.2 Å². The van der Waals surface area contributed by atoms with E-state index in [9.17, 15) is 4.21 Å². The molecule has 1 aromatic carbocycles. The minimum atomic E-state index is -0.880. The fraction of sp³-hybridized carbons (Fsp3) is 0.571. The van der Waals surface area contributed by atoms with Crippen LogP contribution in [-0.4, -0.2) is 35.5 Å². The predicted molar refractivity (Wildman–Crippen MR) is 76.8 cm³/mol. The highest BCUT2D eigenvalue weighted by Gasteiger charge is 2.22. The first kappa shape index (κ1) is 14.5. The lowest BCUT2D eigenvalue weighted by atomic mass is 10.1. The van der Waals surface area contributed by atoms with Crippen LogP contribution in [0.4, 0.5) is 0 Å². The number of ether oxygens (including phenoxy) is 2. The monoisotopic (exact) mass is 283 g/mol. The maximum Gasteiger partial charge on any atom is 0.118 e. The van der Waals surface area contributed by atoms with Crippen molar-refractivity contribution in [1.82, 2.24) is 0 Å². The van der Waals surface area contributed by atoms with Crippen LogP contribution < -0.4 is 10.5 Å². The minimum Gasteiger partial charge on any atom is -0.497 e. The second-order valence-electron chi connectivity index (χ2n) is 4.74. The van der Waals surface area contributed by atoms with Gasteiger partial charge in [0.25, 0.3) is 0 Å². The van der Waals surface area contributed by atoms with Crippen molar-refractivity contribution < 1.29 is 13.7 Å². The molecule has 2 N–H and O–H groups in total. The normalized spacial score (nSPS) is 19.9. The summed E-state index contributed by atoms with van der Waals surface area (Å²) in [6.07, 6.45) is 1.75. The molecule has 5 heteroatoms. The van der Waals surface area contributed by atoms with Gasteiger partial charge in [-0.2, -0.15) is 0 Å². The van der Waals surface area contributed by atoms with Gasteiger partial charge in [0, 0.05) is 41.1 Å². The summed E-state index contributed by atoms with van der Waals surface area (Å²) in [5, 5.41) is 0.234. The van der Waals surface area contributed by atoms with Crippen LogP contribution in [0.25, 0.3) is 0 Å². The molecule has 0 spiro atoms. The molecule has 1 aromatic rings. The Morgan fingerprint density at radius 2 is 2.00 bits per heavy atom. The zero-order valence-corrected chi connectivity index (χ0v) is 12.0.